The Bertz CT molecular complexity index is 584. The van der Waals surface area contributed by atoms with Crippen LogP contribution in [0.3, 0.4) is 0 Å². The summed E-state index contributed by atoms with van der Waals surface area (Å²) in [4.78, 5) is 0. The number of benzene rings is 2. The maximum Gasteiger partial charge on any atom is 0.127 e. The van der Waals surface area contributed by atoms with E-state index in [9.17, 15) is 5.11 Å². The number of hydrogen-bond acceptors (Lipinski definition) is 1. The van der Waals surface area contributed by atoms with Crippen LogP contribution < -0.4 is 0 Å². The van der Waals surface area contributed by atoms with Crippen LogP contribution in [0.5, 0.6) is 5.75 Å². The standard InChI is InChI=1S/C20H24O/c1-3-5-7-11-17-14-15-18(10-4-2)20(21)19(17)16-12-8-6-9-13-16/h4,6,8-9,12-15,21H,2-3,5,7,10-11H2,1H3. The summed E-state index contributed by atoms with van der Waals surface area (Å²) in [5.74, 6) is 0.412. The summed E-state index contributed by atoms with van der Waals surface area (Å²) in [7, 11) is 0. The molecule has 0 spiro atoms. The van der Waals surface area contributed by atoms with Gasteiger partial charge in [-0.1, -0.05) is 68.3 Å². The second-order valence-electron chi connectivity index (χ2n) is 5.42. The topological polar surface area (TPSA) is 20.2 Å². The fourth-order valence-electron chi connectivity index (χ4n) is 2.70. The van der Waals surface area contributed by atoms with E-state index in [0.717, 1.165) is 29.5 Å². The predicted octanol–water partition coefficient (Wildman–Crippen LogP) is 5.52. The molecule has 0 amide bonds. The number of aromatic hydroxyl groups is 1. The minimum atomic E-state index is 0.412. The third-order valence-corrected chi connectivity index (χ3v) is 3.82. The van der Waals surface area contributed by atoms with Crippen LogP contribution in [-0.2, 0) is 12.8 Å². The lowest BCUT2D eigenvalue weighted by molar-refractivity contribution is 0.471. The highest BCUT2D eigenvalue weighted by Gasteiger charge is 2.13. The number of aryl methyl sites for hydroxylation is 1. The zero-order valence-electron chi connectivity index (χ0n) is 12.8. The van der Waals surface area contributed by atoms with Crippen LogP contribution >= 0.6 is 0 Å². The lowest BCUT2D eigenvalue weighted by Gasteiger charge is -2.15. The molecule has 0 aliphatic heterocycles. The number of phenolic OH excluding ortho intramolecular Hbond substituents is 1. The largest absolute Gasteiger partial charge is 0.507 e. The number of hydrogen-bond donors (Lipinski definition) is 1. The van der Waals surface area contributed by atoms with Gasteiger partial charge in [-0.15, -0.1) is 6.58 Å². The van der Waals surface area contributed by atoms with Crippen molar-refractivity contribution in [3.8, 4) is 16.9 Å². The molecule has 0 aliphatic carbocycles. The Hall–Kier alpha value is -2.02. The molecule has 1 nitrogen and oxygen atoms in total. The van der Waals surface area contributed by atoms with Gasteiger partial charge in [-0.2, -0.15) is 0 Å². The maximum absolute atomic E-state index is 10.7. The first-order chi connectivity index (χ1) is 10.3. The average molecular weight is 280 g/mol. The van der Waals surface area contributed by atoms with Crippen molar-refractivity contribution in [1.82, 2.24) is 0 Å². The van der Waals surface area contributed by atoms with E-state index in [4.69, 9.17) is 0 Å². The summed E-state index contributed by atoms with van der Waals surface area (Å²) in [5.41, 5.74) is 4.27. The summed E-state index contributed by atoms with van der Waals surface area (Å²) >= 11 is 0. The molecule has 1 N–H and O–H groups in total. The number of phenols is 1. The van der Waals surface area contributed by atoms with Crippen LogP contribution in [0.4, 0.5) is 0 Å². The van der Waals surface area contributed by atoms with E-state index in [1.54, 1.807) is 0 Å². The van der Waals surface area contributed by atoms with Crippen LogP contribution in [0.15, 0.2) is 55.1 Å². The van der Waals surface area contributed by atoms with Gasteiger partial charge in [0.05, 0.1) is 0 Å². The van der Waals surface area contributed by atoms with Gasteiger partial charge >= 0.3 is 0 Å². The summed E-state index contributed by atoms with van der Waals surface area (Å²) in [6.07, 6.45) is 7.14. The van der Waals surface area contributed by atoms with Crippen LogP contribution in [0.25, 0.3) is 11.1 Å². The normalized spacial score (nSPS) is 10.5. The molecule has 0 bridgehead atoms. The maximum atomic E-state index is 10.7. The second-order valence-corrected chi connectivity index (χ2v) is 5.42. The molecule has 0 fully saturated rings. The highest BCUT2D eigenvalue weighted by atomic mass is 16.3. The number of unbranched alkanes of at least 4 members (excludes halogenated alkanes) is 2. The lowest BCUT2D eigenvalue weighted by atomic mass is 9.92. The first kappa shape index (κ1) is 15.4. The van der Waals surface area contributed by atoms with Crippen molar-refractivity contribution < 1.29 is 5.11 Å². The van der Waals surface area contributed by atoms with E-state index < -0.39 is 0 Å². The van der Waals surface area contributed by atoms with Crippen LogP contribution in [0, 0.1) is 0 Å². The molecule has 21 heavy (non-hydrogen) atoms. The summed E-state index contributed by atoms with van der Waals surface area (Å²) in [5, 5.41) is 10.7. The lowest BCUT2D eigenvalue weighted by Crippen LogP contribution is -1.95. The van der Waals surface area contributed by atoms with Gasteiger partial charge in [-0.05, 0) is 36.0 Å². The Kier molecular flexibility index (Phi) is 5.62. The van der Waals surface area contributed by atoms with Gasteiger partial charge in [0, 0.05) is 5.56 Å². The van der Waals surface area contributed by atoms with Gasteiger partial charge in [-0.25, -0.2) is 0 Å². The van der Waals surface area contributed by atoms with Crippen LogP contribution in [0.1, 0.15) is 37.3 Å². The quantitative estimate of drug-likeness (QED) is 0.523. The van der Waals surface area contributed by atoms with Gasteiger partial charge in [0.25, 0.3) is 0 Å². The van der Waals surface area contributed by atoms with Gasteiger partial charge in [-0.3, -0.25) is 0 Å². The first-order valence-corrected chi connectivity index (χ1v) is 7.78. The molecule has 2 aromatic carbocycles. The molecular weight excluding hydrogens is 256 g/mol. The molecule has 0 unspecified atom stereocenters. The Morgan fingerprint density at radius 1 is 1.00 bits per heavy atom. The minimum absolute atomic E-state index is 0.412. The number of rotatable bonds is 7. The van der Waals surface area contributed by atoms with Gasteiger partial charge < -0.3 is 5.11 Å². The zero-order valence-corrected chi connectivity index (χ0v) is 12.8. The van der Waals surface area contributed by atoms with E-state index in [-0.39, 0.29) is 0 Å². The van der Waals surface area contributed by atoms with Gasteiger partial charge in [0.1, 0.15) is 5.75 Å². The Labute approximate surface area is 128 Å². The van der Waals surface area contributed by atoms with Gasteiger partial charge in [0.15, 0.2) is 0 Å². The molecule has 0 aliphatic rings. The van der Waals surface area contributed by atoms with E-state index in [0.29, 0.717) is 12.2 Å². The van der Waals surface area contributed by atoms with Gasteiger partial charge in [0.2, 0.25) is 0 Å². The van der Waals surface area contributed by atoms with Crippen molar-refractivity contribution in [1.29, 1.82) is 0 Å². The molecule has 0 radical (unpaired) electrons. The van der Waals surface area contributed by atoms with Crippen molar-refractivity contribution in [2.75, 3.05) is 0 Å². The summed E-state index contributed by atoms with van der Waals surface area (Å²) in [6, 6.07) is 14.4. The Morgan fingerprint density at radius 2 is 1.71 bits per heavy atom. The molecule has 0 atom stereocenters. The van der Waals surface area contributed by atoms with E-state index in [1.807, 2.05) is 30.3 Å². The third kappa shape index (κ3) is 3.75. The average Bonchev–Trinajstić information content (AvgIpc) is 2.51. The minimum Gasteiger partial charge on any atom is -0.507 e. The van der Waals surface area contributed by atoms with Crippen LogP contribution in [0.2, 0.25) is 0 Å². The third-order valence-electron chi connectivity index (χ3n) is 3.82. The Balaban J connectivity index is 2.45. The van der Waals surface area contributed by atoms with E-state index >= 15 is 0 Å². The number of allylic oxidation sites excluding steroid dienone is 1. The molecule has 0 saturated carbocycles. The predicted molar refractivity (Wildman–Crippen MR) is 90.7 cm³/mol. The van der Waals surface area contributed by atoms with Crippen molar-refractivity contribution in [3.63, 3.8) is 0 Å². The SMILES string of the molecule is C=CCc1ccc(CCCCC)c(-c2ccccc2)c1O. The van der Waals surface area contributed by atoms with Crippen molar-refractivity contribution in [2.24, 2.45) is 0 Å². The molecule has 0 saturated heterocycles. The second kappa shape index (κ2) is 7.68. The molecule has 0 aromatic heterocycles. The summed E-state index contributed by atoms with van der Waals surface area (Å²) in [6.45, 7) is 5.98. The monoisotopic (exact) mass is 280 g/mol. The highest BCUT2D eigenvalue weighted by Crippen LogP contribution is 2.36. The van der Waals surface area contributed by atoms with Crippen molar-refractivity contribution >= 4 is 0 Å². The smallest absolute Gasteiger partial charge is 0.127 e. The highest BCUT2D eigenvalue weighted by molar-refractivity contribution is 5.75. The molecular formula is C20H24O. The van der Waals surface area contributed by atoms with Crippen LogP contribution in [-0.4, -0.2) is 5.11 Å². The summed E-state index contributed by atoms with van der Waals surface area (Å²) < 4.78 is 0. The zero-order chi connectivity index (χ0) is 15.1. The van der Waals surface area contributed by atoms with Crippen molar-refractivity contribution in [2.45, 2.75) is 39.0 Å². The fraction of sp³-hybridized carbons (Fsp3) is 0.300. The van der Waals surface area contributed by atoms with E-state index in [2.05, 4.69) is 31.7 Å². The molecule has 2 rings (SSSR count). The van der Waals surface area contributed by atoms with Crippen molar-refractivity contribution in [3.05, 3.63) is 66.2 Å². The molecule has 110 valence electrons. The molecule has 1 heteroatoms. The molecule has 0 heterocycles. The first-order valence-electron chi connectivity index (χ1n) is 7.78. The van der Waals surface area contributed by atoms with E-state index in [1.165, 1.54) is 18.4 Å². The Morgan fingerprint density at radius 3 is 2.38 bits per heavy atom. The molecule has 2 aromatic rings. The fourth-order valence-corrected chi connectivity index (χ4v) is 2.70.